The number of hydrogen-bond donors (Lipinski definition) is 3. The molecule has 7 nitrogen and oxygen atoms in total. The van der Waals surface area contributed by atoms with E-state index in [2.05, 4.69) is 15.7 Å². The summed E-state index contributed by atoms with van der Waals surface area (Å²) >= 11 is 0. The molecule has 1 aromatic heterocycles. The quantitative estimate of drug-likeness (QED) is 0.532. The van der Waals surface area contributed by atoms with E-state index in [4.69, 9.17) is 5.84 Å². The van der Waals surface area contributed by atoms with E-state index in [-0.39, 0.29) is 18.2 Å². The number of aromatic nitrogens is 1. The Balaban J connectivity index is 2.04. The van der Waals surface area contributed by atoms with E-state index in [9.17, 15) is 13.2 Å². The van der Waals surface area contributed by atoms with E-state index < -0.39 is 15.1 Å². The van der Waals surface area contributed by atoms with Gasteiger partial charge in [-0.15, -0.1) is 0 Å². The molecular formula is C12H18N4O3S. The van der Waals surface area contributed by atoms with Crippen LogP contribution in [0.3, 0.4) is 0 Å². The summed E-state index contributed by atoms with van der Waals surface area (Å²) in [5, 5.41) is 2.19. The van der Waals surface area contributed by atoms with Crippen molar-refractivity contribution in [3.8, 4) is 0 Å². The van der Waals surface area contributed by atoms with E-state index >= 15 is 0 Å². The smallest absolute Gasteiger partial charge is 0.251 e. The molecule has 2 rings (SSSR count). The second-order valence-corrected chi connectivity index (χ2v) is 7.27. The molecule has 8 heteroatoms. The highest BCUT2D eigenvalue weighted by Gasteiger charge is 2.31. The van der Waals surface area contributed by atoms with Gasteiger partial charge in [0, 0.05) is 17.8 Å². The molecule has 1 unspecified atom stereocenters. The molecule has 1 fully saturated rings. The molecule has 0 aliphatic carbocycles. The van der Waals surface area contributed by atoms with Gasteiger partial charge in [-0.3, -0.25) is 4.79 Å². The number of nitrogens with zero attached hydrogens (tertiary/aromatic N) is 1. The van der Waals surface area contributed by atoms with Crippen LogP contribution in [-0.2, 0) is 9.84 Å². The molecular weight excluding hydrogens is 280 g/mol. The van der Waals surface area contributed by atoms with Crippen molar-refractivity contribution < 1.29 is 13.2 Å². The van der Waals surface area contributed by atoms with Gasteiger partial charge in [0.2, 0.25) is 0 Å². The molecule has 1 aliphatic heterocycles. The molecule has 0 radical (unpaired) electrons. The first-order valence-corrected chi connectivity index (χ1v) is 8.09. The third-order valence-electron chi connectivity index (χ3n) is 3.32. The summed E-state index contributed by atoms with van der Waals surface area (Å²) in [7, 11) is -3.05. The van der Waals surface area contributed by atoms with Crippen LogP contribution in [0.15, 0.2) is 12.1 Å². The van der Waals surface area contributed by atoms with Crippen LogP contribution in [0, 0.1) is 6.92 Å². The summed E-state index contributed by atoms with van der Waals surface area (Å²) in [5.74, 6) is 5.55. The van der Waals surface area contributed by atoms with Crippen molar-refractivity contribution >= 4 is 21.6 Å². The second kappa shape index (κ2) is 5.76. The molecule has 1 aliphatic rings. The first-order chi connectivity index (χ1) is 9.42. The minimum Gasteiger partial charge on any atom is -0.351 e. The van der Waals surface area contributed by atoms with Crippen molar-refractivity contribution in [2.75, 3.05) is 17.7 Å². The molecule has 20 heavy (non-hydrogen) atoms. The van der Waals surface area contributed by atoms with Crippen molar-refractivity contribution in [3.05, 3.63) is 23.4 Å². The normalized spacial score (nSPS) is 20.6. The van der Waals surface area contributed by atoms with Crippen LogP contribution in [0.5, 0.6) is 0 Å². The van der Waals surface area contributed by atoms with Gasteiger partial charge in [0.05, 0.1) is 11.0 Å². The SMILES string of the molecule is Cc1cc(C(=O)NCC2CCCS2(=O)=O)cc(NN)n1. The summed E-state index contributed by atoms with van der Waals surface area (Å²) in [6, 6.07) is 3.14. The summed E-state index contributed by atoms with van der Waals surface area (Å²) in [6.45, 7) is 1.90. The van der Waals surface area contributed by atoms with E-state index in [0.29, 0.717) is 29.9 Å². The maximum Gasteiger partial charge on any atom is 0.251 e. The lowest BCUT2D eigenvalue weighted by atomic mass is 10.2. The van der Waals surface area contributed by atoms with Gasteiger partial charge >= 0.3 is 0 Å². The molecule has 110 valence electrons. The van der Waals surface area contributed by atoms with Gasteiger partial charge in [-0.1, -0.05) is 0 Å². The third-order valence-corrected chi connectivity index (χ3v) is 5.59. The number of hydrogen-bond acceptors (Lipinski definition) is 6. The van der Waals surface area contributed by atoms with Crippen LogP contribution in [0.1, 0.15) is 28.9 Å². The highest BCUT2D eigenvalue weighted by molar-refractivity contribution is 7.92. The number of pyridine rings is 1. The first kappa shape index (κ1) is 14.7. The van der Waals surface area contributed by atoms with Crippen molar-refractivity contribution in [1.29, 1.82) is 0 Å². The van der Waals surface area contributed by atoms with Crippen LogP contribution in [0.4, 0.5) is 5.82 Å². The van der Waals surface area contributed by atoms with E-state index in [0.717, 1.165) is 0 Å². The Hall–Kier alpha value is -1.67. The molecule has 0 bridgehead atoms. The lowest BCUT2D eigenvalue weighted by Crippen LogP contribution is -2.34. The largest absolute Gasteiger partial charge is 0.351 e. The summed E-state index contributed by atoms with van der Waals surface area (Å²) in [4.78, 5) is 16.1. The van der Waals surface area contributed by atoms with Gasteiger partial charge in [0.1, 0.15) is 5.82 Å². The van der Waals surface area contributed by atoms with Gasteiger partial charge in [-0.25, -0.2) is 19.2 Å². The second-order valence-electron chi connectivity index (χ2n) is 4.87. The van der Waals surface area contributed by atoms with Gasteiger partial charge in [0.25, 0.3) is 5.91 Å². The number of nitrogens with one attached hydrogen (secondary N) is 2. The highest BCUT2D eigenvalue weighted by Crippen LogP contribution is 2.19. The highest BCUT2D eigenvalue weighted by atomic mass is 32.2. The Morgan fingerprint density at radius 3 is 2.85 bits per heavy atom. The average Bonchev–Trinajstić information content (AvgIpc) is 2.74. The van der Waals surface area contributed by atoms with Crippen molar-refractivity contribution in [2.24, 2.45) is 5.84 Å². The number of nitrogen functional groups attached to an aromatic ring is 1. The van der Waals surface area contributed by atoms with E-state index in [1.165, 1.54) is 6.07 Å². The molecule has 0 aromatic carbocycles. The van der Waals surface area contributed by atoms with Crippen LogP contribution in [0.2, 0.25) is 0 Å². The minimum absolute atomic E-state index is 0.147. The molecule has 4 N–H and O–H groups in total. The Labute approximate surface area is 117 Å². The number of carbonyl (C=O) groups excluding carboxylic acids is 1. The topological polar surface area (TPSA) is 114 Å². The molecule has 1 aromatic rings. The van der Waals surface area contributed by atoms with E-state index in [1.807, 2.05) is 0 Å². The summed E-state index contributed by atoms with van der Waals surface area (Å²) in [5.41, 5.74) is 3.44. The number of nitrogens with two attached hydrogens (primary N) is 1. The monoisotopic (exact) mass is 298 g/mol. The first-order valence-electron chi connectivity index (χ1n) is 6.37. The fourth-order valence-corrected chi connectivity index (χ4v) is 4.04. The van der Waals surface area contributed by atoms with Crippen LogP contribution in [-0.4, -0.2) is 36.9 Å². The number of amides is 1. The fraction of sp³-hybridized carbons (Fsp3) is 0.500. The number of anilines is 1. The lowest BCUT2D eigenvalue weighted by molar-refractivity contribution is 0.0953. The Morgan fingerprint density at radius 2 is 2.25 bits per heavy atom. The number of aryl methyl sites for hydroxylation is 1. The Morgan fingerprint density at radius 1 is 1.50 bits per heavy atom. The zero-order chi connectivity index (χ0) is 14.8. The van der Waals surface area contributed by atoms with Gasteiger partial charge < -0.3 is 10.7 Å². The fourth-order valence-electron chi connectivity index (χ4n) is 2.27. The maximum absolute atomic E-state index is 12.0. The van der Waals surface area contributed by atoms with Gasteiger partial charge in [-0.05, 0) is 31.9 Å². The van der Waals surface area contributed by atoms with E-state index in [1.54, 1.807) is 13.0 Å². The Kier molecular flexibility index (Phi) is 4.24. The lowest BCUT2D eigenvalue weighted by Gasteiger charge is -2.11. The van der Waals surface area contributed by atoms with Crippen molar-refractivity contribution in [1.82, 2.24) is 10.3 Å². The summed E-state index contributed by atoms with van der Waals surface area (Å²) in [6.07, 6.45) is 1.27. The minimum atomic E-state index is -3.05. The predicted molar refractivity (Wildman–Crippen MR) is 75.9 cm³/mol. The molecule has 0 saturated carbocycles. The third kappa shape index (κ3) is 3.26. The predicted octanol–water partition coefficient (Wildman–Crippen LogP) is -0.0174. The number of rotatable bonds is 4. The van der Waals surface area contributed by atoms with Crippen LogP contribution < -0.4 is 16.6 Å². The standard InChI is InChI=1S/C12H18N4O3S/c1-8-5-9(6-11(15-8)16-13)12(17)14-7-10-3-2-4-20(10,18)19/h5-6,10H,2-4,7,13H2,1H3,(H,14,17)(H,15,16). The number of carbonyl (C=O) groups is 1. The molecule has 1 atom stereocenters. The Bertz CT molecular complexity index is 615. The maximum atomic E-state index is 12.0. The van der Waals surface area contributed by atoms with Crippen molar-refractivity contribution in [2.45, 2.75) is 25.0 Å². The number of sulfone groups is 1. The zero-order valence-corrected chi connectivity index (χ0v) is 12.0. The number of hydrazine groups is 1. The zero-order valence-electron chi connectivity index (χ0n) is 11.2. The average molecular weight is 298 g/mol. The van der Waals surface area contributed by atoms with Crippen molar-refractivity contribution in [3.63, 3.8) is 0 Å². The molecule has 0 spiro atoms. The van der Waals surface area contributed by atoms with Crippen LogP contribution in [0.25, 0.3) is 0 Å². The molecule has 1 amide bonds. The van der Waals surface area contributed by atoms with Gasteiger partial charge in [-0.2, -0.15) is 0 Å². The summed E-state index contributed by atoms with van der Waals surface area (Å²) < 4.78 is 23.4. The molecule has 1 saturated heterocycles. The van der Waals surface area contributed by atoms with Gasteiger partial charge in [0.15, 0.2) is 9.84 Å². The van der Waals surface area contributed by atoms with Crippen LogP contribution >= 0.6 is 0 Å². The molecule has 2 heterocycles.